The van der Waals surface area contributed by atoms with Gasteiger partial charge in [-0.25, -0.2) is 0 Å². The monoisotopic (exact) mass is 598 g/mol. The van der Waals surface area contributed by atoms with Gasteiger partial charge in [-0.05, 0) is 28.8 Å². The molecule has 4 atom stereocenters. The molecule has 0 bridgehead atoms. The average Bonchev–Trinajstić information content (AvgIpc) is 3.62. The van der Waals surface area contributed by atoms with E-state index in [-0.39, 0.29) is 43.1 Å². The summed E-state index contributed by atoms with van der Waals surface area (Å²) in [5.74, 6) is -0.882. The lowest BCUT2D eigenvalue weighted by Crippen LogP contribution is -2.50. The van der Waals surface area contributed by atoms with Crippen LogP contribution < -0.4 is 0 Å². The second-order valence-electron chi connectivity index (χ2n) is 12.2. The van der Waals surface area contributed by atoms with Gasteiger partial charge in [-0.15, -0.1) is 0 Å². The highest BCUT2D eigenvalue weighted by Gasteiger charge is 2.43. The third-order valence-corrected chi connectivity index (χ3v) is 9.46. The van der Waals surface area contributed by atoms with Crippen molar-refractivity contribution in [1.29, 1.82) is 0 Å². The summed E-state index contributed by atoms with van der Waals surface area (Å²) in [6.07, 6.45) is 0.795. The number of ether oxygens (including phenoxy) is 4. The molecule has 0 aliphatic carbocycles. The number of carbonyl (C=O) groups is 2. The maximum atomic E-state index is 12.9. The third-order valence-electron chi connectivity index (χ3n) is 9.46. The Hall–Kier alpha value is -3.44. The van der Waals surface area contributed by atoms with E-state index in [0.717, 1.165) is 54.7 Å². The van der Waals surface area contributed by atoms with E-state index in [1.54, 1.807) is 24.3 Å². The number of aliphatic hydroxyl groups is 1. The van der Waals surface area contributed by atoms with Gasteiger partial charge in [0.1, 0.15) is 0 Å². The molecule has 7 rings (SSSR count). The quantitative estimate of drug-likeness (QED) is 0.394. The number of hydrogen-bond acceptors (Lipinski definition) is 8. The molecule has 4 aliphatic rings. The van der Waals surface area contributed by atoms with E-state index in [2.05, 4.69) is 11.8 Å². The lowest BCUT2D eigenvalue weighted by molar-refractivity contribution is -0.278. The zero-order valence-electron chi connectivity index (χ0n) is 24.9. The summed E-state index contributed by atoms with van der Waals surface area (Å²) in [6.45, 7) is 6.20. The van der Waals surface area contributed by atoms with Crippen LogP contribution >= 0.6 is 0 Å². The SMILES string of the molecule is C[C@H]1[C@@H](CN2CCC3(CC2)OCCO3)O[C@@H](c2ccc(CN3C(=O)c4ccccc4C3=O)cc2)O[C@H]1c1ccc(CO)cc1. The van der Waals surface area contributed by atoms with Crippen LogP contribution in [0.5, 0.6) is 0 Å². The molecule has 1 N–H and O–H groups in total. The van der Waals surface area contributed by atoms with Crippen LogP contribution in [0.2, 0.25) is 0 Å². The molecule has 3 aromatic carbocycles. The van der Waals surface area contributed by atoms with Crippen molar-refractivity contribution in [3.05, 3.63) is 106 Å². The summed E-state index contributed by atoms with van der Waals surface area (Å²) in [4.78, 5) is 29.5. The number of fused-ring (bicyclic) bond motifs is 1. The number of benzene rings is 3. The Morgan fingerprint density at radius 3 is 2.00 bits per heavy atom. The Morgan fingerprint density at radius 2 is 1.39 bits per heavy atom. The number of likely N-dealkylation sites (tertiary alicyclic amines) is 1. The maximum absolute atomic E-state index is 12.9. The standard InChI is InChI=1S/C35H38N2O7/c1-23-30(21-36-16-14-35(15-17-36)41-18-19-42-35)43-34(44-31(23)26-10-8-25(22-38)9-11-26)27-12-6-24(7-13-27)20-37-32(39)28-4-2-3-5-29(28)33(37)40/h2-13,23,30-31,34,38H,14-22H2,1H3/t23-,30+,31+,34+/m0/s1. The third kappa shape index (κ3) is 5.60. The first kappa shape index (κ1) is 29.3. The second-order valence-corrected chi connectivity index (χ2v) is 12.2. The Balaban J connectivity index is 1.08. The van der Waals surface area contributed by atoms with Gasteiger partial charge in [-0.3, -0.25) is 14.5 Å². The first-order chi connectivity index (χ1) is 21.4. The summed E-state index contributed by atoms with van der Waals surface area (Å²) in [5.41, 5.74) is 4.51. The molecule has 230 valence electrons. The van der Waals surface area contributed by atoms with Crippen molar-refractivity contribution in [3.8, 4) is 0 Å². The van der Waals surface area contributed by atoms with E-state index in [1.165, 1.54) is 4.90 Å². The smallest absolute Gasteiger partial charge is 0.261 e. The van der Waals surface area contributed by atoms with Crippen molar-refractivity contribution in [3.63, 3.8) is 0 Å². The van der Waals surface area contributed by atoms with Crippen molar-refractivity contribution in [2.75, 3.05) is 32.8 Å². The van der Waals surface area contributed by atoms with E-state index in [0.29, 0.717) is 24.3 Å². The number of nitrogens with zero attached hydrogens (tertiary/aromatic N) is 2. The fraction of sp³-hybridized carbons (Fsp3) is 0.429. The molecule has 4 heterocycles. The molecule has 3 fully saturated rings. The van der Waals surface area contributed by atoms with E-state index < -0.39 is 12.1 Å². The van der Waals surface area contributed by atoms with Crippen LogP contribution in [0.4, 0.5) is 0 Å². The molecular formula is C35H38N2O7. The number of amides is 2. The van der Waals surface area contributed by atoms with Crippen LogP contribution in [0.1, 0.15) is 75.1 Å². The Bertz CT molecular complexity index is 1460. The minimum absolute atomic E-state index is 0.00728. The highest BCUT2D eigenvalue weighted by Crippen LogP contribution is 2.42. The van der Waals surface area contributed by atoms with Crippen molar-refractivity contribution in [2.45, 2.75) is 57.2 Å². The fourth-order valence-electron chi connectivity index (χ4n) is 6.79. The summed E-state index contributed by atoms with van der Waals surface area (Å²) in [6, 6.07) is 22.6. The predicted molar refractivity (Wildman–Crippen MR) is 160 cm³/mol. The molecule has 3 saturated heterocycles. The van der Waals surface area contributed by atoms with Gasteiger partial charge in [0.05, 0.1) is 49.7 Å². The van der Waals surface area contributed by atoms with E-state index >= 15 is 0 Å². The minimum atomic E-state index is -0.593. The highest BCUT2D eigenvalue weighted by molar-refractivity contribution is 6.21. The van der Waals surface area contributed by atoms with Crippen LogP contribution in [0, 0.1) is 5.92 Å². The van der Waals surface area contributed by atoms with Crippen LogP contribution in [-0.4, -0.2) is 71.5 Å². The molecule has 0 unspecified atom stereocenters. The van der Waals surface area contributed by atoms with Crippen molar-refractivity contribution < 1.29 is 33.6 Å². The number of rotatable bonds is 7. The summed E-state index contributed by atoms with van der Waals surface area (Å²) in [7, 11) is 0. The van der Waals surface area contributed by atoms with Gasteiger partial charge in [0.2, 0.25) is 0 Å². The predicted octanol–water partition coefficient (Wildman–Crippen LogP) is 4.61. The fourth-order valence-corrected chi connectivity index (χ4v) is 6.79. The normalized spacial score (nSPS) is 26.8. The van der Waals surface area contributed by atoms with Gasteiger partial charge in [0, 0.05) is 44.0 Å². The van der Waals surface area contributed by atoms with Crippen LogP contribution in [0.15, 0.2) is 72.8 Å². The van der Waals surface area contributed by atoms with E-state index in [4.69, 9.17) is 18.9 Å². The summed E-state index contributed by atoms with van der Waals surface area (Å²) in [5, 5.41) is 9.55. The summed E-state index contributed by atoms with van der Waals surface area (Å²) < 4.78 is 25.2. The molecule has 0 aromatic heterocycles. The number of aliphatic hydroxyl groups excluding tert-OH is 1. The number of hydrogen-bond donors (Lipinski definition) is 1. The van der Waals surface area contributed by atoms with Gasteiger partial charge in [0.15, 0.2) is 12.1 Å². The van der Waals surface area contributed by atoms with E-state index in [1.807, 2.05) is 48.5 Å². The van der Waals surface area contributed by atoms with Gasteiger partial charge in [-0.2, -0.15) is 0 Å². The van der Waals surface area contributed by atoms with Crippen LogP contribution in [0.25, 0.3) is 0 Å². The Kier molecular flexibility index (Phi) is 8.09. The van der Waals surface area contributed by atoms with Crippen LogP contribution in [-0.2, 0) is 32.1 Å². The van der Waals surface area contributed by atoms with Gasteiger partial charge < -0.3 is 29.0 Å². The molecule has 1 spiro atoms. The maximum Gasteiger partial charge on any atom is 0.261 e. The van der Waals surface area contributed by atoms with Crippen molar-refractivity contribution >= 4 is 11.8 Å². The van der Waals surface area contributed by atoms with Gasteiger partial charge >= 0.3 is 0 Å². The van der Waals surface area contributed by atoms with Gasteiger partial charge in [0.25, 0.3) is 11.8 Å². The molecule has 44 heavy (non-hydrogen) atoms. The zero-order valence-corrected chi connectivity index (χ0v) is 24.9. The Labute approximate surface area is 257 Å². The first-order valence-electron chi connectivity index (χ1n) is 15.5. The zero-order chi connectivity index (χ0) is 30.3. The molecule has 4 aliphatic heterocycles. The molecule has 3 aromatic rings. The largest absolute Gasteiger partial charge is 0.392 e. The molecular weight excluding hydrogens is 560 g/mol. The van der Waals surface area contributed by atoms with Crippen LogP contribution in [0.3, 0.4) is 0 Å². The van der Waals surface area contributed by atoms with Crippen molar-refractivity contribution in [1.82, 2.24) is 9.80 Å². The molecule has 0 saturated carbocycles. The molecule has 0 radical (unpaired) electrons. The van der Waals surface area contributed by atoms with Gasteiger partial charge in [-0.1, -0.05) is 67.6 Å². The number of imide groups is 1. The highest BCUT2D eigenvalue weighted by atomic mass is 16.7. The number of piperidine rings is 1. The molecule has 9 heteroatoms. The average molecular weight is 599 g/mol. The minimum Gasteiger partial charge on any atom is -0.392 e. The molecule has 9 nitrogen and oxygen atoms in total. The lowest BCUT2D eigenvalue weighted by atomic mass is 9.89. The topological polar surface area (TPSA) is 97.8 Å². The number of carbonyl (C=O) groups excluding carboxylic acids is 2. The summed E-state index contributed by atoms with van der Waals surface area (Å²) >= 11 is 0. The lowest BCUT2D eigenvalue weighted by Gasteiger charge is -2.44. The first-order valence-corrected chi connectivity index (χ1v) is 15.5. The molecule has 2 amide bonds. The van der Waals surface area contributed by atoms with E-state index in [9.17, 15) is 14.7 Å². The van der Waals surface area contributed by atoms with Crippen molar-refractivity contribution in [2.24, 2.45) is 5.92 Å². The second kappa shape index (κ2) is 12.2. The Morgan fingerprint density at radius 1 is 0.795 bits per heavy atom.